The monoisotopic (exact) mass is 293 g/mol. The molecule has 0 aromatic carbocycles. The second kappa shape index (κ2) is 6.07. The van der Waals surface area contributed by atoms with E-state index in [-0.39, 0.29) is 17.2 Å². The van der Waals surface area contributed by atoms with E-state index in [0.717, 1.165) is 17.8 Å². The van der Waals surface area contributed by atoms with E-state index in [4.69, 9.17) is 4.74 Å². The molecule has 1 aliphatic heterocycles. The summed E-state index contributed by atoms with van der Waals surface area (Å²) in [6, 6.07) is 0. The topological polar surface area (TPSA) is 84.3 Å². The number of hydrogen-bond donors (Lipinski definition) is 2. The van der Waals surface area contributed by atoms with Crippen molar-refractivity contribution in [2.75, 3.05) is 13.2 Å². The van der Waals surface area contributed by atoms with Gasteiger partial charge in [0.1, 0.15) is 6.10 Å². The third kappa shape index (κ3) is 3.39. The summed E-state index contributed by atoms with van der Waals surface area (Å²) in [5.74, 6) is -0.537. The summed E-state index contributed by atoms with van der Waals surface area (Å²) in [6.07, 6.45) is 0.319. The molecule has 2 N–H and O–H groups in total. The van der Waals surface area contributed by atoms with Crippen LogP contribution in [0.3, 0.4) is 0 Å². The van der Waals surface area contributed by atoms with Crippen LogP contribution in [0.5, 0.6) is 0 Å². The van der Waals surface area contributed by atoms with Crippen LogP contribution >= 0.6 is 0 Å². The molecule has 0 aliphatic carbocycles. The van der Waals surface area contributed by atoms with Gasteiger partial charge in [-0.1, -0.05) is 20.8 Å². The number of hydrogen-bond acceptors (Lipinski definition) is 5. The molecule has 1 aliphatic rings. The van der Waals surface area contributed by atoms with Gasteiger partial charge in [0, 0.05) is 18.7 Å². The second-order valence-corrected chi connectivity index (χ2v) is 6.29. The number of carboxylic acids is 1. The highest BCUT2D eigenvalue weighted by molar-refractivity contribution is 5.87. The predicted molar refractivity (Wildman–Crippen MR) is 78.2 cm³/mol. The lowest BCUT2D eigenvalue weighted by Gasteiger charge is -2.30. The van der Waals surface area contributed by atoms with Gasteiger partial charge in [-0.05, 0) is 25.3 Å². The lowest BCUT2D eigenvalue weighted by molar-refractivity contribution is -0.0194. The molecule has 0 fully saturated rings. The Morgan fingerprint density at radius 3 is 2.71 bits per heavy atom. The van der Waals surface area contributed by atoms with Crippen LogP contribution in [-0.4, -0.2) is 34.2 Å². The zero-order valence-electron chi connectivity index (χ0n) is 13.1. The van der Waals surface area contributed by atoms with Gasteiger partial charge in [-0.15, -0.1) is 0 Å². The summed E-state index contributed by atoms with van der Waals surface area (Å²) in [7, 11) is 0. The fourth-order valence-electron chi connectivity index (χ4n) is 2.55. The molecule has 21 heavy (non-hydrogen) atoms. The van der Waals surface area contributed by atoms with Crippen LogP contribution in [0.4, 0.5) is 0 Å². The summed E-state index contributed by atoms with van der Waals surface area (Å²) in [6.45, 7) is 9.89. The van der Waals surface area contributed by atoms with Crippen LogP contribution in [0.1, 0.15) is 61.4 Å². The molecular formula is C15H23N3O3. The smallest absolute Gasteiger partial charge is 0.354 e. The van der Waals surface area contributed by atoms with E-state index in [1.807, 2.05) is 27.7 Å². The first-order chi connectivity index (χ1) is 9.84. The normalized spacial score (nSPS) is 16.4. The Labute approximate surface area is 124 Å². The first-order valence-corrected chi connectivity index (χ1v) is 7.30. The van der Waals surface area contributed by atoms with Gasteiger partial charge >= 0.3 is 5.97 Å². The van der Waals surface area contributed by atoms with Crippen LogP contribution in [0, 0.1) is 5.41 Å². The molecule has 0 spiro atoms. The maximum Gasteiger partial charge on any atom is 0.354 e. The summed E-state index contributed by atoms with van der Waals surface area (Å²) < 4.78 is 5.78. The zero-order chi connectivity index (χ0) is 15.6. The van der Waals surface area contributed by atoms with Crippen molar-refractivity contribution in [3.63, 3.8) is 0 Å². The fraction of sp³-hybridized carbons (Fsp3) is 0.667. The van der Waals surface area contributed by atoms with Gasteiger partial charge in [0.05, 0.1) is 5.69 Å². The first kappa shape index (κ1) is 15.9. The van der Waals surface area contributed by atoms with Gasteiger partial charge in [0.15, 0.2) is 11.5 Å². The van der Waals surface area contributed by atoms with Crippen LogP contribution in [0.2, 0.25) is 0 Å². The molecule has 1 atom stereocenters. The molecule has 1 aromatic heterocycles. The number of ether oxygens (including phenoxy) is 1. The summed E-state index contributed by atoms with van der Waals surface area (Å²) >= 11 is 0. The first-order valence-electron chi connectivity index (χ1n) is 7.30. The van der Waals surface area contributed by atoms with E-state index in [2.05, 4.69) is 15.3 Å². The maximum absolute atomic E-state index is 11.5. The quantitative estimate of drug-likeness (QED) is 0.882. The number of aromatic carboxylic acids is 1. The standard InChI is InChI=1S/C15H23N3O3/c1-5-21-12(15(2,3)4)13-17-10-8-16-7-6-9(10)11(18-13)14(19)20/h12,16H,5-8H2,1-4H3,(H,19,20). The van der Waals surface area contributed by atoms with E-state index in [1.54, 1.807) is 0 Å². The molecule has 1 aromatic rings. The average Bonchev–Trinajstić information content (AvgIpc) is 2.42. The Morgan fingerprint density at radius 2 is 2.14 bits per heavy atom. The summed E-state index contributed by atoms with van der Waals surface area (Å²) in [4.78, 5) is 20.4. The average molecular weight is 293 g/mol. The predicted octanol–water partition coefficient (Wildman–Crippen LogP) is 1.94. The molecule has 1 unspecified atom stereocenters. The van der Waals surface area contributed by atoms with Crippen molar-refractivity contribution >= 4 is 5.97 Å². The Balaban J connectivity index is 2.53. The van der Waals surface area contributed by atoms with Crippen molar-refractivity contribution in [3.05, 3.63) is 22.8 Å². The molecule has 0 amide bonds. The van der Waals surface area contributed by atoms with E-state index in [1.165, 1.54) is 0 Å². The molecule has 2 rings (SSSR count). The molecule has 6 heteroatoms. The molecule has 0 saturated carbocycles. The van der Waals surface area contributed by atoms with Crippen molar-refractivity contribution < 1.29 is 14.6 Å². The van der Waals surface area contributed by atoms with Crippen LogP contribution in [-0.2, 0) is 17.7 Å². The summed E-state index contributed by atoms with van der Waals surface area (Å²) in [5.41, 5.74) is 1.43. The highest BCUT2D eigenvalue weighted by atomic mass is 16.5. The number of nitrogens with zero attached hydrogens (tertiary/aromatic N) is 2. The molecule has 0 bridgehead atoms. The maximum atomic E-state index is 11.5. The van der Waals surface area contributed by atoms with Gasteiger partial charge in [-0.25, -0.2) is 14.8 Å². The minimum absolute atomic E-state index is 0.116. The Morgan fingerprint density at radius 1 is 1.43 bits per heavy atom. The molecule has 116 valence electrons. The fourth-order valence-corrected chi connectivity index (χ4v) is 2.55. The van der Waals surface area contributed by atoms with Crippen molar-refractivity contribution in [2.24, 2.45) is 5.41 Å². The number of carbonyl (C=O) groups is 1. The molecule has 6 nitrogen and oxygen atoms in total. The third-order valence-corrected chi connectivity index (χ3v) is 3.51. The molecule has 0 radical (unpaired) electrons. The Bertz CT molecular complexity index is 538. The van der Waals surface area contributed by atoms with Gasteiger partial charge < -0.3 is 15.2 Å². The number of nitrogens with one attached hydrogen (secondary N) is 1. The van der Waals surface area contributed by atoms with Crippen molar-refractivity contribution in [1.82, 2.24) is 15.3 Å². The van der Waals surface area contributed by atoms with E-state index < -0.39 is 5.97 Å². The van der Waals surface area contributed by atoms with E-state index in [9.17, 15) is 9.90 Å². The Hall–Kier alpha value is -1.53. The highest BCUT2D eigenvalue weighted by Crippen LogP contribution is 2.35. The molecular weight excluding hydrogens is 270 g/mol. The number of carboxylic acid groups (broad SMARTS) is 1. The minimum Gasteiger partial charge on any atom is -0.477 e. The van der Waals surface area contributed by atoms with E-state index in [0.29, 0.717) is 25.4 Å². The lowest BCUT2D eigenvalue weighted by Crippen LogP contribution is -2.31. The van der Waals surface area contributed by atoms with Crippen molar-refractivity contribution in [2.45, 2.75) is 46.8 Å². The van der Waals surface area contributed by atoms with Crippen molar-refractivity contribution in [3.8, 4) is 0 Å². The van der Waals surface area contributed by atoms with Crippen LogP contribution in [0.25, 0.3) is 0 Å². The SMILES string of the molecule is CCOC(c1nc2c(c(C(=O)O)n1)CCNC2)C(C)(C)C. The lowest BCUT2D eigenvalue weighted by atomic mass is 9.88. The van der Waals surface area contributed by atoms with E-state index >= 15 is 0 Å². The molecule has 0 saturated heterocycles. The van der Waals surface area contributed by atoms with Crippen molar-refractivity contribution in [1.29, 1.82) is 0 Å². The highest BCUT2D eigenvalue weighted by Gasteiger charge is 2.32. The van der Waals surface area contributed by atoms with Gasteiger partial charge in [0.2, 0.25) is 0 Å². The van der Waals surface area contributed by atoms with Crippen LogP contribution in [0.15, 0.2) is 0 Å². The van der Waals surface area contributed by atoms with Gasteiger partial charge in [-0.3, -0.25) is 0 Å². The molecule has 2 heterocycles. The van der Waals surface area contributed by atoms with Gasteiger partial charge in [0.25, 0.3) is 0 Å². The third-order valence-electron chi connectivity index (χ3n) is 3.51. The zero-order valence-corrected chi connectivity index (χ0v) is 13.1. The van der Waals surface area contributed by atoms with Crippen LogP contribution < -0.4 is 5.32 Å². The summed E-state index contributed by atoms with van der Waals surface area (Å²) in [5, 5.41) is 12.6. The number of aromatic nitrogens is 2. The Kier molecular flexibility index (Phi) is 4.58. The number of fused-ring (bicyclic) bond motifs is 1. The van der Waals surface area contributed by atoms with Gasteiger partial charge in [-0.2, -0.15) is 0 Å². The number of rotatable bonds is 4. The second-order valence-electron chi connectivity index (χ2n) is 6.29. The largest absolute Gasteiger partial charge is 0.477 e. The minimum atomic E-state index is -0.999.